The van der Waals surface area contributed by atoms with E-state index in [1.54, 1.807) is 6.92 Å². The number of hydrogen-bond acceptors (Lipinski definition) is 3. The van der Waals surface area contributed by atoms with E-state index in [1.165, 1.54) is 0 Å². The maximum Gasteiger partial charge on any atom is 0.250 e. The van der Waals surface area contributed by atoms with Crippen molar-refractivity contribution < 1.29 is 14.6 Å². The average molecular weight is 213 g/mol. The minimum absolute atomic E-state index is 0.0622. The highest BCUT2D eigenvalue weighted by molar-refractivity contribution is 5.93. The highest BCUT2D eigenvalue weighted by atomic mass is 16.5. The summed E-state index contributed by atoms with van der Waals surface area (Å²) in [7, 11) is 0. The van der Waals surface area contributed by atoms with Gasteiger partial charge in [-0.1, -0.05) is 0 Å². The molecule has 0 aromatic carbocycles. The quantitative estimate of drug-likeness (QED) is 0.731. The fraction of sp³-hybridized carbons (Fsp3) is 0.727. The zero-order valence-corrected chi connectivity index (χ0v) is 9.38. The van der Waals surface area contributed by atoms with Crippen molar-refractivity contribution in [1.29, 1.82) is 0 Å². The standard InChI is InChI=1S/C11H19NO3/c1-8(13)5-6-12-11(14)10-4-3-7-15-9(10)2/h8,13H,3-7H2,1-2H3,(H,12,14). The Balaban J connectivity index is 2.39. The molecule has 1 atom stereocenters. The molecule has 15 heavy (non-hydrogen) atoms. The van der Waals surface area contributed by atoms with E-state index in [4.69, 9.17) is 9.84 Å². The van der Waals surface area contributed by atoms with E-state index in [0.29, 0.717) is 19.6 Å². The summed E-state index contributed by atoms with van der Waals surface area (Å²) in [6.07, 6.45) is 1.89. The fourth-order valence-corrected chi connectivity index (χ4v) is 1.51. The molecule has 0 spiro atoms. The predicted octanol–water partition coefficient (Wildman–Crippen LogP) is 0.958. The number of ether oxygens (including phenoxy) is 1. The Morgan fingerprint density at radius 3 is 3.00 bits per heavy atom. The summed E-state index contributed by atoms with van der Waals surface area (Å²) < 4.78 is 5.31. The Morgan fingerprint density at radius 1 is 1.67 bits per heavy atom. The normalized spacial score (nSPS) is 18.3. The second kappa shape index (κ2) is 5.75. The summed E-state index contributed by atoms with van der Waals surface area (Å²) in [6, 6.07) is 0. The van der Waals surface area contributed by atoms with Crippen LogP contribution >= 0.6 is 0 Å². The third-order valence-corrected chi connectivity index (χ3v) is 2.44. The molecule has 1 unspecified atom stereocenters. The molecule has 0 aromatic heterocycles. The molecule has 1 heterocycles. The Hall–Kier alpha value is -1.03. The van der Waals surface area contributed by atoms with Gasteiger partial charge in [0.25, 0.3) is 5.91 Å². The molecule has 0 bridgehead atoms. The maximum atomic E-state index is 11.7. The molecule has 1 aliphatic heterocycles. The highest BCUT2D eigenvalue weighted by Gasteiger charge is 2.17. The van der Waals surface area contributed by atoms with Gasteiger partial charge in [0.15, 0.2) is 0 Å². The van der Waals surface area contributed by atoms with Crippen LogP contribution in [-0.2, 0) is 9.53 Å². The summed E-state index contributed by atoms with van der Waals surface area (Å²) in [5.74, 6) is 0.670. The van der Waals surface area contributed by atoms with Crippen molar-refractivity contribution in [3.8, 4) is 0 Å². The topological polar surface area (TPSA) is 58.6 Å². The van der Waals surface area contributed by atoms with Crippen molar-refractivity contribution in [2.45, 2.75) is 39.2 Å². The van der Waals surface area contributed by atoms with Crippen LogP contribution in [0, 0.1) is 0 Å². The van der Waals surface area contributed by atoms with Crippen LogP contribution in [0.15, 0.2) is 11.3 Å². The SMILES string of the molecule is CC1=C(C(=O)NCCC(C)O)CCCO1. The van der Waals surface area contributed by atoms with E-state index < -0.39 is 0 Å². The number of amides is 1. The number of nitrogens with one attached hydrogen (secondary N) is 1. The molecule has 86 valence electrons. The zero-order valence-electron chi connectivity index (χ0n) is 9.38. The lowest BCUT2D eigenvalue weighted by Gasteiger charge is -2.18. The van der Waals surface area contributed by atoms with Crippen molar-refractivity contribution in [2.24, 2.45) is 0 Å². The van der Waals surface area contributed by atoms with Crippen LogP contribution in [-0.4, -0.2) is 30.3 Å². The minimum Gasteiger partial charge on any atom is -0.498 e. The number of aliphatic hydroxyl groups excluding tert-OH is 1. The Bertz CT molecular complexity index is 259. The number of carbonyl (C=O) groups is 1. The van der Waals surface area contributed by atoms with Gasteiger partial charge in [-0.25, -0.2) is 0 Å². The molecule has 1 rings (SSSR count). The average Bonchev–Trinajstić information content (AvgIpc) is 2.17. The highest BCUT2D eigenvalue weighted by Crippen LogP contribution is 2.18. The van der Waals surface area contributed by atoms with Crippen molar-refractivity contribution in [2.75, 3.05) is 13.2 Å². The molecular formula is C11H19NO3. The number of rotatable bonds is 4. The molecule has 0 saturated heterocycles. The molecule has 0 aliphatic carbocycles. The number of carbonyl (C=O) groups excluding carboxylic acids is 1. The lowest BCUT2D eigenvalue weighted by Crippen LogP contribution is -2.29. The van der Waals surface area contributed by atoms with E-state index in [0.717, 1.165) is 24.2 Å². The number of aliphatic hydroxyl groups is 1. The third-order valence-electron chi connectivity index (χ3n) is 2.44. The molecule has 1 amide bonds. The van der Waals surface area contributed by atoms with Gasteiger partial charge in [0.2, 0.25) is 0 Å². The van der Waals surface area contributed by atoms with Gasteiger partial charge in [0.1, 0.15) is 5.76 Å². The molecule has 2 N–H and O–H groups in total. The summed E-state index contributed by atoms with van der Waals surface area (Å²) in [4.78, 5) is 11.7. The molecule has 0 aromatic rings. The van der Waals surface area contributed by atoms with E-state index >= 15 is 0 Å². The number of hydrogen-bond donors (Lipinski definition) is 2. The first-order valence-corrected chi connectivity index (χ1v) is 5.40. The molecule has 4 nitrogen and oxygen atoms in total. The van der Waals surface area contributed by atoms with Crippen LogP contribution in [0.3, 0.4) is 0 Å². The largest absolute Gasteiger partial charge is 0.498 e. The summed E-state index contributed by atoms with van der Waals surface area (Å²) in [6.45, 7) is 4.74. The summed E-state index contributed by atoms with van der Waals surface area (Å²) >= 11 is 0. The van der Waals surface area contributed by atoms with Gasteiger partial charge in [0.05, 0.1) is 18.3 Å². The smallest absolute Gasteiger partial charge is 0.250 e. The first kappa shape index (κ1) is 12.0. The van der Waals surface area contributed by atoms with Crippen LogP contribution in [0.25, 0.3) is 0 Å². The summed E-state index contributed by atoms with van der Waals surface area (Å²) in [5.41, 5.74) is 0.742. The van der Waals surface area contributed by atoms with Crippen LogP contribution < -0.4 is 5.32 Å². The molecule has 0 radical (unpaired) electrons. The van der Waals surface area contributed by atoms with Crippen LogP contribution in [0.1, 0.15) is 33.1 Å². The van der Waals surface area contributed by atoms with E-state index in [9.17, 15) is 4.79 Å². The van der Waals surface area contributed by atoms with Crippen LogP contribution in [0.5, 0.6) is 0 Å². The monoisotopic (exact) mass is 213 g/mol. The van der Waals surface area contributed by atoms with Gasteiger partial charge < -0.3 is 15.2 Å². The molecule has 0 fully saturated rings. The lowest BCUT2D eigenvalue weighted by atomic mass is 10.1. The van der Waals surface area contributed by atoms with E-state index in [-0.39, 0.29) is 12.0 Å². The zero-order chi connectivity index (χ0) is 11.3. The van der Waals surface area contributed by atoms with Crippen LogP contribution in [0.2, 0.25) is 0 Å². The predicted molar refractivity (Wildman–Crippen MR) is 57.2 cm³/mol. The molecular weight excluding hydrogens is 194 g/mol. The maximum absolute atomic E-state index is 11.7. The van der Waals surface area contributed by atoms with Gasteiger partial charge in [-0.05, 0) is 33.1 Å². The molecule has 1 aliphatic rings. The van der Waals surface area contributed by atoms with Gasteiger partial charge >= 0.3 is 0 Å². The van der Waals surface area contributed by atoms with Crippen molar-refractivity contribution in [1.82, 2.24) is 5.32 Å². The minimum atomic E-state index is -0.372. The van der Waals surface area contributed by atoms with E-state index in [2.05, 4.69) is 5.32 Å². The third kappa shape index (κ3) is 3.91. The van der Waals surface area contributed by atoms with Crippen LogP contribution in [0.4, 0.5) is 0 Å². The second-order valence-corrected chi connectivity index (χ2v) is 3.88. The Morgan fingerprint density at radius 2 is 2.40 bits per heavy atom. The summed E-state index contributed by atoms with van der Waals surface area (Å²) in [5, 5.41) is 11.8. The second-order valence-electron chi connectivity index (χ2n) is 3.88. The van der Waals surface area contributed by atoms with E-state index in [1.807, 2.05) is 6.92 Å². The molecule has 4 heteroatoms. The van der Waals surface area contributed by atoms with Crippen molar-refractivity contribution in [3.05, 3.63) is 11.3 Å². The Labute approximate surface area is 90.3 Å². The number of allylic oxidation sites excluding steroid dienone is 1. The van der Waals surface area contributed by atoms with Gasteiger partial charge in [-0.2, -0.15) is 0 Å². The van der Waals surface area contributed by atoms with Gasteiger partial charge in [0, 0.05) is 6.54 Å². The first-order valence-electron chi connectivity index (χ1n) is 5.40. The van der Waals surface area contributed by atoms with Crippen molar-refractivity contribution >= 4 is 5.91 Å². The lowest BCUT2D eigenvalue weighted by molar-refractivity contribution is -0.118. The first-order chi connectivity index (χ1) is 7.11. The van der Waals surface area contributed by atoms with Gasteiger partial charge in [-0.15, -0.1) is 0 Å². The van der Waals surface area contributed by atoms with Gasteiger partial charge in [-0.3, -0.25) is 4.79 Å². The Kier molecular flexibility index (Phi) is 4.62. The van der Waals surface area contributed by atoms with Crippen molar-refractivity contribution in [3.63, 3.8) is 0 Å². The fourth-order valence-electron chi connectivity index (χ4n) is 1.51. The molecule has 0 saturated carbocycles.